The summed E-state index contributed by atoms with van der Waals surface area (Å²) in [5.74, 6) is -0.0153. The molecule has 2 aromatic rings. The zero-order valence-corrected chi connectivity index (χ0v) is 16.7. The first-order valence-corrected chi connectivity index (χ1v) is 11.1. The van der Waals surface area contributed by atoms with Crippen molar-refractivity contribution in [3.63, 3.8) is 0 Å². The fraction of sp³-hybridized carbons (Fsp3) is 0.381. The summed E-state index contributed by atoms with van der Waals surface area (Å²) in [6.45, 7) is 4.64. The molecule has 6 heteroatoms. The van der Waals surface area contributed by atoms with Crippen LogP contribution < -0.4 is 9.21 Å². The van der Waals surface area contributed by atoms with E-state index in [1.165, 1.54) is 16.1 Å². The minimum atomic E-state index is -3.33. The van der Waals surface area contributed by atoms with Crippen LogP contribution in [-0.4, -0.2) is 33.2 Å². The van der Waals surface area contributed by atoms with Crippen LogP contribution in [-0.2, 0) is 22.9 Å². The number of nitrogens with zero attached hydrogens (tertiary/aromatic N) is 2. The van der Waals surface area contributed by atoms with Gasteiger partial charge in [0.1, 0.15) is 0 Å². The predicted octanol–water partition coefficient (Wildman–Crippen LogP) is 3.30. The van der Waals surface area contributed by atoms with Gasteiger partial charge < -0.3 is 4.90 Å². The van der Waals surface area contributed by atoms with Crippen molar-refractivity contribution in [2.75, 3.05) is 22.0 Å². The van der Waals surface area contributed by atoms with Crippen LogP contribution in [0.5, 0.6) is 0 Å². The van der Waals surface area contributed by atoms with Gasteiger partial charge in [-0.3, -0.25) is 9.10 Å². The van der Waals surface area contributed by atoms with E-state index in [9.17, 15) is 13.2 Å². The van der Waals surface area contributed by atoms with E-state index in [2.05, 4.69) is 6.07 Å². The highest BCUT2D eigenvalue weighted by Crippen LogP contribution is 2.36. The van der Waals surface area contributed by atoms with Crippen molar-refractivity contribution in [3.8, 4) is 0 Å². The molecule has 27 heavy (non-hydrogen) atoms. The fourth-order valence-electron chi connectivity index (χ4n) is 4.45. The summed E-state index contributed by atoms with van der Waals surface area (Å²) in [7, 11) is -3.33. The van der Waals surface area contributed by atoms with E-state index in [1.54, 1.807) is 12.1 Å². The lowest BCUT2D eigenvalue weighted by Crippen LogP contribution is -2.36. The smallest absolute Gasteiger partial charge is 0.258 e. The standard InChI is InChI=1S/C21H24N2O3S/c1-14-6-4-7-16-8-5-11-22(20(14)16)21(24)17-9-10-19-18(13-17)12-15(2)23(19)27(3,25)26/h4,6-7,9-10,13,15H,5,8,11-12H2,1-3H3. The Bertz CT molecular complexity index is 1030. The molecule has 0 N–H and O–H groups in total. The molecule has 1 amide bonds. The molecule has 1 unspecified atom stereocenters. The molecule has 0 saturated carbocycles. The number of sulfonamides is 1. The summed E-state index contributed by atoms with van der Waals surface area (Å²) in [4.78, 5) is 15.1. The average molecular weight is 385 g/mol. The highest BCUT2D eigenvalue weighted by molar-refractivity contribution is 7.92. The fourth-order valence-corrected chi connectivity index (χ4v) is 5.71. The number of carbonyl (C=O) groups excluding carboxylic acids is 1. The Kier molecular flexibility index (Phi) is 4.26. The van der Waals surface area contributed by atoms with Crippen LogP contribution in [0.4, 0.5) is 11.4 Å². The molecule has 2 aliphatic heterocycles. The summed E-state index contributed by atoms with van der Waals surface area (Å²) in [5, 5.41) is 0. The van der Waals surface area contributed by atoms with Crippen LogP contribution >= 0.6 is 0 Å². The van der Waals surface area contributed by atoms with Crippen molar-refractivity contribution < 1.29 is 13.2 Å². The molecular formula is C21H24N2O3S. The SMILES string of the molecule is Cc1cccc2c1N(C(=O)c1ccc3c(c1)CC(C)N3S(C)(=O)=O)CCC2. The lowest BCUT2D eigenvalue weighted by Gasteiger charge is -2.31. The van der Waals surface area contributed by atoms with E-state index < -0.39 is 10.0 Å². The van der Waals surface area contributed by atoms with Crippen molar-refractivity contribution in [2.24, 2.45) is 0 Å². The number of aryl methyl sites for hydroxylation is 2. The maximum atomic E-state index is 13.3. The van der Waals surface area contributed by atoms with Gasteiger partial charge in [0.25, 0.3) is 5.91 Å². The van der Waals surface area contributed by atoms with Crippen LogP contribution in [0.2, 0.25) is 0 Å². The predicted molar refractivity (Wildman–Crippen MR) is 108 cm³/mol. The van der Waals surface area contributed by atoms with E-state index in [-0.39, 0.29) is 11.9 Å². The molecule has 0 aliphatic carbocycles. The van der Waals surface area contributed by atoms with Crippen LogP contribution in [0.3, 0.4) is 0 Å². The second-order valence-electron chi connectivity index (χ2n) is 7.60. The molecule has 2 heterocycles. The molecule has 0 spiro atoms. The molecule has 142 valence electrons. The Hall–Kier alpha value is -2.34. The molecule has 0 aromatic heterocycles. The molecule has 0 bridgehead atoms. The molecule has 2 aromatic carbocycles. The minimum Gasteiger partial charge on any atom is -0.308 e. The molecular weight excluding hydrogens is 360 g/mol. The Morgan fingerprint density at radius 1 is 1.15 bits per heavy atom. The zero-order valence-electron chi connectivity index (χ0n) is 15.9. The van der Waals surface area contributed by atoms with Gasteiger partial charge in [-0.05, 0) is 68.0 Å². The monoisotopic (exact) mass is 384 g/mol. The third kappa shape index (κ3) is 3.02. The maximum absolute atomic E-state index is 13.3. The van der Waals surface area contributed by atoms with Gasteiger partial charge in [0.15, 0.2) is 0 Å². The number of fused-ring (bicyclic) bond motifs is 2. The van der Waals surface area contributed by atoms with E-state index in [4.69, 9.17) is 0 Å². The van der Waals surface area contributed by atoms with Crippen LogP contribution in [0.25, 0.3) is 0 Å². The summed E-state index contributed by atoms with van der Waals surface area (Å²) < 4.78 is 25.7. The lowest BCUT2D eigenvalue weighted by atomic mass is 9.97. The molecule has 2 aliphatic rings. The van der Waals surface area contributed by atoms with Crippen molar-refractivity contribution in [1.82, 2.24) is 0 Å². The first-order chi connectivity index (χ1) is 12.8. The second kappa shape index (κ2) is 6.37. The van der Waals surface area contributed by atoms with Crippen molar-refractivity contribution in [1.29, 1.82) is 0 Å². The van der Waals surface area contributed by atoms with Crippen molar-refractivity contribution in [2.45, 2.75) is 39.2 Å². The Labute approximate surface area is 160 Å². The molecule has 4 rings (SSSR count). The highest BCUT2D eigenvalue weighted by Gasteiger charge is 2.33. The summed E-state index contributed by atoms with van der Waals surface area (Å²) in [5.41, 5.74) is 5.58. The Morgan fingerprint density at radius 2 is 1.93 bits per heavy atom. The number of hydrogen-bond donors (Lipinski definition) is 0. The summed E-state index contributed by atoms with van der Waals surface area (Å²) in [6, 6.07) is 11.4. The van der Waals surface area contributed by atoms with Crippen LogP contribution in [0, 0.1) is 6.92 Å². The average Bonchev–Trinajstić information content (AvgIpc) is 2.96. The maximum Gasteiger partial charge on any atom is 0.258 e. The topological polar surface area (TPSA) is 57.7 Å². The summed E-state index contributed by atoms with van der Waals surface area (Å²) in [6.07, 6.45) is 3.79. The first-order valence-electron chi connectivity index (χ1n) is 9.30. The van der Waals surface area contributed by atoms with E-state index in [0.29, 0.717) is 24.2 Å². The number of para-hydroxylation sites is 1. The summed E-state index contributed by atoms with van der Waals surface area (Å²) >= 11 is 0. The quantitative estimate of drug-likeness (QED) is 0.798. The van der Waals surface area contributed by atoms with Gasteiger partial charge in [-0.25, -0.2) is 8.42 Å². The molecule has 1 atom stereocenters. The van der Waals surface area contributed by atoms with Crippen LogP contribution in [0.15, 0.2) is 36.4 Å². The second-order valence-corrected chi connectivity index (χ2v) is 9.46. The zero-order chi connectivity index (χ0) is 19.3. The van der Waals surface area contributed by atoms with E-state index >= 15 is 0 Å². The van der Waals surface area contributed by atoms with Gasteiger partial charge in [-0.2, -0.15) is 0 Å². The van der Waals surface area contributed by atoms with E-state index in [1.807, 2.05) is 36.9 Å². The van der Waals surface area contributed by atoms with Gasteiger partial charge >= 0.3 is 0 Å². The van der Waals surface area contributed by atoms with Gasteiger partial charge in [0.05, 0.1) is 17.6 Å². The number of rotatable bonds is 2. The molecule has 0 radical (unpaired) electrons. The van der Waals surface area contributed by atoms with Crippen LogP contribution in [0.1, 0.15) is 40.4 Å². The largest absolute Gasteiger partial charge is 0.308 e. The molecule has 5 nitrogen and oxygen atoms in total. The van der Waals surface area contributed by atoms with Gasteiger partial charge in [-0.1, -0.05) is 18.2 Å². The first kappa shape index (κ1) is 18.0. The normalized spacial score (nSPS) is 19.0. The number of carbonyl (C=O) groups is 1. The number of hydrogen-bond acceptors (Lipinski definition) is 3. The van der Waals surface area contributed by atoms with Gasteiger partial charge in [0.2, 0.25) is 10.0 Å². The van der Waals surface area contributed by atoms with Gasteiger partial charge in [0, 0.05) is 18.2 Å². The third-order valence-electron chi connectivity index (χ3n) is 5.50. The van der Waals surface area contributed by atoms with Crippen molar-refractivity contribution in [3.05, 3.63) is 58.7 Å². The minimum absolute atomic E-state index is 0.0153. The van der Waals surface area contributed by atoms with Crippen molar-refractivity contribution >= 4 is 27.3 Å². The third-order valence-corrected chi connectivity index (χ3v) is 6.77. The molecule has 0 saturated heterocycles. The highest BCUT2D eigenvalue weighted by atomic mass is 32.2. The number of anilines is 2. The molecule has 0 fully saturated rings. The van der Waals surface area contributed by atoms with E-state index in [0.717, 1.165) is 29.7 Å². The van der Waals surface area contributed by atoms with Gasteiger partial charge in [-0.15, -0.1) is 0 Å². The number of amides is 1. The lowest BCUT2D eigenvalue weighted by molar-refractivity contribution is 0.0985. The number of benzene rings is 2. The Balaban J connectivity index is 1.71. The Morgan fingerprint density at radius 3 is 2.67 bits per heavy atom.